The van der Waals surface area contributed by atoms with Crippen molar-refractivity contribution in [1.82, 2.24) is 14.7 Å². The fourth-order valence-electron chi connectivity index (χ4n) is 3.57. The van der Waals surface area contributed by atoms with E-state index in [1.807, 2.05) is 47.4 Å². The van der Waals surface area contributed by atoms with E-state index in [0.717, 1.165) is 56.8 Å². The van der Waals surface area contributed by atoms with Crippen LogP contribution in [-0.2, 0) is 0 Å². The summed E-state index contributed by atoms with van der Waals surface area (Å²) in [5.41, 5.74) is 3.25. The Morgan fingerprint density at radius 3 is 2.39 bits per heavy atom. The summed E-state index contributed by atoms with van der Waals surface area (Å²) in [5, 5.41) is 9.11. The smallest absolute Gasteiger partial charge is 0.253 e. The quantitative estimate of drug-likeness (QED) is 0.778. The van der Waals surface area contributed by atoms with Gasteiger partial charge in [-0.1, -0.05) is 24.3 Å². The van der Waals surface area contributed by atoms with Gasteiger partial charge in [0.05, 0.1) is 11.6 Å². The molecule has 0 aromatic heterocycles. The predicted molar refractivity (Wildman–Crippen MR) is 112 cm³/mol. The van der Waals surface area contributed by atoms with Crippen molar-refractivity contribution >= 4 is 5.91 Å². The van der Waals surface area contributed by atoms with E-state index in [4.69, 9.17) is 5.26 Å². The molecule has 0 aliphatic carbocycles. The second kappa shape index (κ2) is 9.50. The summed E-state index contributed by atoms with van der Waals surface area (Å²) in [6.07, 6.45) is 1.16. The highest BCUT2D eigenvalue weighted by molar-refractivity contribution is 5.95. The predicted octanol–water partition coefficient (Wildman–Crippen LogP) is 2.93. The van der Waals surface area contributed by atoms with E-state index < -0.39 is 0 Å². The van der Waals surface area contributed by atoms with E-state index in [1.54, 1.807) is 6.07 Å². The first-order valence-electron chi connectivity index (χ1n) is 9.84. The molecular formula is C23H28N4O. The number of benzene rings is 2. The molecule has 0 bridgehead atoms. The molecule has 0 unspecified atom stereocenters. The monoisotopic (exact) mass is 376 g/mol. The zero-order valence-corrected chi connectivity index (χ0v) is 16.8. The third-order valence-electron chi connectivity index (χ3n) is 5.17. The van der Waals surface area contributed by atoms with Crippen LogP contribution in [0.2, 0.25) is 0 Å². The van der Waals surface area contributed by atoms with Crippen molar-refractivity contribution in [3.8, 4) is 17.2 Å². The number of carbonyl (C=O) groups is 1. The van der Waals surface area contributed by atoms with Crippen LogP contribution in [0.25, 0.3) is 11.1 Å². The fraction of sp³-hybridized carbons (Fsp3) is 0.391. The molecule has 5 heteroatoms. The van der Waals surface area contributed by atoms with Gasteiger partial charge in [0.25, 0.3) is 5.91 Å². The fourth-order valence-corrected chi connectivity index (χ4v) is 3.57. The average molecular weight is 377 g/mol. The van der Waals surface area contributed by atoms with Crippen LogP contribution in [0.3, 0.4) is 0 Å². The van der Waals surface area contributed by atoms with E-state index in [0.29, 0.717) is 11.1 Å². The third-order valence-corrected chi connectivity index (χ3v) is 5.17. The first kappa shape index (κ1) is 20.1. The SMILES string of the molecule is CN(C)CCCN1CCN(C(=O)c2cccc(-c3cccc(C#N)c3)c2)CC1. The van der Waals surface area contributed by atoms with Crippen LogP contribution in [0.4, 0.5) is 0 Å². The number of nitriles is 1. The molecule has 1 aliphatic rings. The summed E-state index contributed by atoms with van der Waals surface area (Å²) in [6.45, 7) is 5.60. The Morgan fingerprint density at radius 2 is 1.71 bits per heavy atom. The number of rotatable bonds is 6. The first-order valence-corrected chi connectivity index (χ1v) is 9.84. The molecule has 0 spiro atoms. The van der Waals surface area contributed by atoms with E-state index in [9.17, 15) is 4.79 Å². The Hall–Kier alpha value is -2.68. The molecule has 0 saturated carbocycles. The Balaban J connectivity index is 1.62. The largest absolute Gasteiger partial charge is 0.336 e. The lowest BCUT2D eigenvalue weighted by Crippen LogP contribution is -2.49. The van der Waals surface area contributed by atoms with E-state index >= 15 is 0 Å². The van der Waals surface area contributed by atoms with Gasteiger partial charge in [-0.05, 0) is 69.0 Å². The average Bonchev–Trinajstić information content (AvgIpc) is 2.73. The number of carbonyl (C=O) groups excluding carboxylic acids is 1. The van der Waals surface area contributed by atoms with Gasteiger partial charge in [-0.25, -0.2) is 0 Å². The lowest BCUT2D eigenvalue weighted by Gasteiger charge is -2.35. The normalized spacial score (nSPS) is 14.9. The summed E-state index contributed by atoms with van der Waals surface area (Å²) in [6, 6.07) is 17.4. The third kappa shape index (κ3) is 5.19. The van der Waals surface area contributed by atoms with Crippen molar-refractivity contribution in [3.05, 3.63) is 59.7 Å². The van der Waals surface area contributed by atoms with Gasteiger partial charge in [-0.15, -0.1) is 0 Å². The van der Waals surface area contributed by atoms with Crippen LogP contribution in [0.15, 0.2) is 48.5 Å². The van der Waals surface area contributed by atoms with Gasteiger partial charge in [0.1, 0.15) is 0 Å². The number of hydrogen-bond donors (Lipinski definition) is 0. The lowest BCUT2D eigenvalue weighted by atomic mass is 10.0. The van der Waals surface area contributed by atoms with Crippen molar-refractivity contribution in [1.29, 1.82) is 5.26 Å². The molecule has 1 saturated heterocycles. The molecule has 5 nitrogen and oxygen atoms in total. The molecule has 2 aromatic carbocycles. The Bertz CT molecular complexity index is 848. The molecular weight excluding hydrogens is 348 g/mol. The minimum absolute atomic E-state index is 0.0891. The summed E-state index contributed by atoms with van der Waals surface area (Å²) in [4.78, 5) is 19.6. The zero-order chi connectivity index (χ0) is 19.9. The molecule has 28 heavy (non-hydrogen) atoms. The van der Waals surface area contributed by atoms with E-state index in [-0.39, 0.29) is 5.91 Å². The minimum Gasteiger partial charge on any atom is -0.336 e. The summed E-state index contributed by atoms with van der Waals surface area (Å²) < 4.78 is 0. The van der Waals surface area contributed by atoms with Crippen LogP contribution in [0, 0.1) is 11.3 Å². The van der Waals surface area contributed by atoms with E-state index in [1.165, 1.54) is 0 Å². The topological polar surface area (TPSA) is 50.6 Å². The summed E-state index contributed by atoms with van der Waals surface area (Å²) >= 11 is 0. The number of piperazine rings is 1. The molecule has 1 aliphatic heterocycles. The molecule has 3 rings (SSSR count). The molecule has 0 atom stereocenters. The number of hydrogen-bond acceptors (Lipinski definition) is 4. The molecule has 1 amide bonds. The second-order valence-corrected chi connectivity index (χ2v) is 7.56. The van der Waals surface area contributed by atoms with Crippen molar-refractivity contribution in [2.45, 2.75) is 6.42 Å². The van der Waals surface area contributed by atoms with Gasteiger partial charge in [-0.2, -0.15) is 5.26 Å². The van der Waals surface area contributed by atoms with E-state index in [2.05, 4.69) is 30.0 Å². The Morgan fingerprint density at radius 1 is 1.04 bits per heavy atom. The van der Waals surface area contributed by atoms with Crippen molar-refractivity contribution in [2.24, 2.45) is 0 Å². The highest BCUT2D eigenvalue weighted by atomic mass is 16.2. The standard InChI is InChI=1S/C23H28N4O/c1-25(2)10-5-11-26-12-14-27(15-13-26)23(28)22-9-4-8-21(17-22)20-7-3-6-19(16-20)18-24/h3-4,6-9,16-17H,5,10-15H2,1-2H3. The minimum atomic E-state index is 0.0891. The van der Waals surface area contributed by atoms with Crippen molar-refractivity contribution < 1.29 is 4.79 Å². The van der Waals surface area contributed by atoms with Crippen LogP contribution in [-0.4, -0.2) is 74.0 Å². The van der Waals surface area contributed by atoms with Crippen LogP contribution < -0.4 is 0 Å². The van der Waals surface area contributed by atoms with Crippen molar-refractivity contribution in [3.63, 3.8) is 0 Å². The van der Waals surface area contributed by atoms with Gasteiger partial charge in [0.2, 0.25) is 0 Å². The molecule has 0 radical (unpaired) electrons. The molecule has 2 aromatic rings. The highest BCUT2D eigenvalue weighted by Gasteiger charge is 2.22. The first-order chi connectivity index (χ1) is 13.6. The Kier molecular flexibility index (Phi) is 6.80. The van der Waals surface area contributed by atoms with Crippen LogP contribution >= 0.6 is 0 Å². The van der Waals surface area contributed by atoms with Gasteiger partial charge >= 0.3 is 0 Å². The maximum atomic E-state index is 13.0. The zero-order valence-electron chi connectivity index (χ0n) is 16.8. The van der Waals surface area contributed by atoms with Gasteiger partial charge in [0, 0.05) is 31.7 Å². The van der Waals surface area contributed by atoms with Crippen molar-refractivity contribution in [2.75, 3.05) is 53.4 Å². The van der Waals surface area contributed by atoms with Gasteiger partial charge in [-0.3, -0.25) is 9.69 Å². The summed E-state index contributed by atoms with van der Waals surface area (Å²) in [7, 11) is 4.20. The molecule has 1 fully saturated rings. The Labute approximate surface area is 167 Å². The lowest BCUT2D eigenvalue weighted by molar-refractivity contribution is 0.0634. The molecule has 1 heterocycles. The maximum absolute atomic E-state index is 13.0. The number of nitrogens with zero attached hydrogens (tertiary/aromatic N) is 4. The summed E-state index contributed by atoms with van der Waals surface area (Å²) in [5.74, 6) is 0.0891. The molecule has 0 N–H and O–H groups in total. The van der Waals surface area contributed by atoms with Gasteiger partial charge < -0.3 is 9.80 Å². The highest BCUT2D eigenvalue weighted by Crippen LogP contribution is 2.22. The number of amides is 1. The van der Waals surface area contributed by atoms with Crippen LogP contribution in [0.1, 0.15) is 22.3 Å². The van der Waals surface area contributed by atoms with Gasteiger partial charge in [0.15, 0.2) is 0 Å². The second-order valence-electron chi connectivity index (χ2n) is 7.56. The molecule has 146 valence electrons. The maximum Gasteiger partial charge on any atom is 0.253 e. The van der Waals surface area contributed by atoms with Crippen LogP contribution in [0.5, 0.6) is 0 Å².